The summed E-state index contributed by atoms with van der Waals surface area (Å²) in [7, 11) is 4.05. The maximum atomic E-state index is 9.10. The van der Waals surface area contributed by atoms with Crippen molar-refractivity contribution < 1.29 is 24.5 Å². The van der Waals surface area contributed by atoms with Gasteiger partial charge >= 0.3 is 11.9 Å². The summed E-state index contributed by atoms with van der Waals surface area (Å²) in [5, 5.41) is 15.6. The first-order chi connectivity index (χ1) is 9.23. The van der Waals surface area contributed by atoms with Crippen LogP contribution in [-0.2, 0) is 9.59 Å². The normalized spacial score (nSPS) is 9.65. The summed E-state index contributed by atoms with van der Waals surface area (Å²) in [6.45, 7) is 3.59. The van der Waals surface area contributed by atoms with Crippen molar-refractivity contribution in [2.75, 3.05) is 27.2 Å². The highest BCUT2D eigenvalue weighted by Crippen LogP contribution is 2.20. The molecule has 1 aromatic carbocycles. The van der Waals surface area contributed by atoms with E-state index in [2.05, 4.69) is 4.90 Å². The first-order valence-corrected chi connectivity index (χ1v) is 6.11. The molecule has 0 amide bonds. The van der Waals surface area contributed by atoms with E-state index >= 15 is 0 Å². The summed E-state index contributed by atoms with van der Waals surface area (Å²) >= 11 is 5.90. The number of aryl methyl sites for hydroxylation is 1. The highest BCUT2D eigenvalue weighted by molar-refractivity contribution is 6.31. The zero-order valence-electron chi connectivity index (χ0n) is 11.6. The van der Waals surface area contributed by atoms with Gasteiger partial charge < -0.3 is 19.8 Å². The molecule has 0 unspecified atom stereocenters. The van der Waals surface area contributed by atoms with Gasteiger partial charge in [0.25, 0.3) is 0 Å². The third-order valence-corrected chi connectivity index (χ3v) is 2.54. The van der Waals surface area contributed by atoms with Crippen LogP contribution in [0.5, 0.6) is 5.75 Å². The molecule has 20 heavy (non-hydrogen) atoms. The number of aliphatic carboxylic acids is 2. The summed E-state index contributed by atoms with van der Waals surface area (Å²) in [5.74, 6) is -2.77. The Morgan fingerprint density at radius 2 is 1.80 bits per heavy atom. The van der Waals surface area contributed by atoms with Crippen LogP contribution in [-0.4, -0.2) is 54.3 Å². The minimum Gasteiger partial charge on any atom is -0.492 e. The van der Waals surface area contributed by atoms with Gasteiger partial charge in [-0.05, 0) is 44.8 Å². The second kappa shape index (κ2) is 9.17. The molecule has 0 saturated heterocycles. The van der Waals surface area contributed by atoms with Crippen molar-refractivity contribution in [2.45, 2.75) is 6.92 Å². The average Bonchev–Trinajstić information content (AvgIpc) is 2.34. The van der Waals surface area contributed by atoms with Crippen molar-refractivity contribution in [3.63, 3.8) is 0 Å². The molecule has 0 atom stereocenters. The van der Waals surface area contributed by atoms with Gasteiger partial charge in [-0.15, -0.1) is 0 Å². The Hall–Kier alpha value is -1.79. The first kappa shape index (κ1) is 18.2. The molecule has 0 aliphatic carbocycles. The molecule has 0 saturated carbocycles. The quantitative estimate of drug-likeness (QED) is 0.824. The van der Waals surface area contributed by atoms with Gasteiger partial charge in [0.05, 0.1) is 0 Å². The van der Waals surface area contributed by atoms with Crippen LogP contribution in [0.2, 0.25) is 5.02 Å². The van der Waals surface area contributed by atoms with Gasteiger partial charge in [-0.1, -0.05) is 11.6 Å². The fourth-order valence-corrected chi connectivity index (χ4v) is 1.17. The topological polar surface area (TPSA) is 87.1 Å². The van der Waals surface area contributed by atoms with Gasteiger partial charge in [0.1, 0.15) is 12.4 Å². The van der Waals surface area contributed by atoms with Gasteiger partial charge in [-0.25, -0.2) is 9.59 Å². The molecule has 0 spiro atoms. The fraction of sp³-hybridized carbons (Fsp3) is 0.385. The molecular weight excluding hydrogens is 286 g/mol. The van der Waals surface area contributed by atoms with E-state index in [9.17, 15) is 0 Å². The molecule has 0 aliphatic rings. The van der Waals surface area contributed by atoms with Crippen LogP contribution >= 0.6 is 11.6 Å². The predicted molar refractivity (Wildman–Crippen MR) is 75.5 cm³/mol. The Morgan fingerprint density at radius 3 is 2.20 bits per heavy atom. The van der Waals surface area contributed by atoms with Crippen LogP contribution in [0, 0.1) is 6.92 Å². The van der Waals surface area contributed by atoms with E-state index in [1.54, 1.807) is 0 Å². The number of hydrogen-bond donors (Lipinski definition) is 2. The van der Waals surface area contributed by atoms with Crippen LogP contribution < -0.4 is 4.74 Å². The zero-order chi connectivity index (χ0) is 15.7. The van der Waals surface area contributed by atoms with E-state index in [4.69, 9.17) is 36.1 Å². The number of hydrogen-bond acceptors (Lipinski definition) is 4. The van der Waals surface area contributed by atoms with Gasteiger partial charge in [-0.2, -0.15) is 0 Å². The Kier molecular flexibility index (Phi) is 8.35. The molecule has 0 aliphatic heterocycles. The number of carboxylic acids is 2. The summed E-state index contributed by atoms with van der Waals surface area (Å²) in [4.78, 5) is 20.3. The molecule has 7 heteroatoms. The van der Waals surface area contributed by atoms with Crippen molar-refractivity contribution in [1.82, 2.24) is 4.90 Å². The molecular formula is C13H18ClNO5. The van der Waals surface area contributed by atoms with E-state index in [1.807, 2.05) is 39.2 Å². The van der Waals surface area contributed by atoms with E-state index in [0.717, 1.165) is 22.9 Å². The van der Waals surface area contributed by atoms with Crippen molar-refractivity contribution in [3.8, 4) is 5.75 Å². The lowest BCUT2D eigenvalue weighted by molar-refractivity contribution is -0.159. The lowest BCUT2D eigenvalue weighted by Gasteiger charge is -2.11. The molecule has 0 fully saturated rings. The van der Waals surface area contributed by atoms with Crippen molar-refractivity contribution >= 4 is 23.5 Å². The smallest absolute Gasteiger partial charge is 0.414 e. The Labute approximate surface area is 122 Å². The minimum absolute atomic E-state index is 0.702. The number of benzene rings is 1. The van der Waals surface area contributed by atoms with Gasteiger partial charge in [0.2, 0.25) is 0 Å². The zero-order valence-corrected chi connectivity index (χ0v) is 12.3. The summed E-state index contributed by atoms with van der Waals surface area (Å²) in [5.41, 5.74) is 1.05. The van der Waals surface area contributed by atoms with Gasteiger partial charge in [0.15, 0.2) is 0 Å². The SMILES string of the molecule is Cc1cc(OCCN(C)C)ccc1Cl.O=C(O)C(=O)O. The Morgan fingerprint density at radius 1 is 1.25 bits per heavy atom. The lowest BCUT2D eigenvalue weighted by atomic mass is 10.2. The van der Waals surface area contributed by atoms with E-state index in [0.29, 0.717) is 6.61 Å². The lowest BCUT2D eigenvalue weighted by Crippen LogP contribution is -2.19. The van der Waals surface area contributed by atoms with E-state index in [1.165, 1.54) is 0 Å². The average molecular weight is 304 g/mol. The molecule has 0 heterocycles. The van der Waals surface area contributed by atoms with Crippen LogP contribution in [0.4, 0.5) is 0 Å². The largest absolute Gasteiger partial charge is 0.492 e. The number of ether oxygens (including phenoxy) is 1. The molecule has 1 aromatic rings. The fourth-order valence-electron chi connectivity index (χ4n) is 1.05. The monoisotopic (exact) mass is 303 g/mol. The molecule has 0 aromatic heterocycles. The summed E-state index contributed by atoms with van der Waals surface area (Å²) in [6.07, 6.45) is 0. The maximum Gasteiger partial charge on any atom is 0.414 e. The number of carboxylic acid groups (broad SMARTS) is 2. The van der Waals surface area contributed by atoms with E-state index < -0.39 is 11.9 Å². The van der Waals surface area contributed by atoms with Crippen LogP contribution in [0.25, 0.3) is 0 Å². The second-order valence-electron chi connectivity index (χ2n) is 4.17. The number of carbonyl (C=O) groups is 2. The van der Waals surface area contributed by atoms with Crippen molar-refractivity contribution in [2.24, 2.45) is 0 Å². The van der Waals surface area contributed by atoms with Crippen molar-refractivity contribution in [3.05, 3.63) is 28.8 Å². The predicted octanol–water partition coefficient (Wildman–Crippen LogP) is 1.74. The van der Waals surface area contributed by atoms with Gasteiger partial charge in [0, 0.05) is 11.6 Å². The highest BCUT2D eigenvalue weighted by Gasteiger charge is 2.04. The van der Waals surface area contributed by atoms with Crippen LogP contribution in [0.15, 0.2) is 18.2 Å². The number of nitrogens with zero attached hydrogens (tertiary/aromatic N) is 1. The molecule has 0 bridgehead atoms. The molecule has 1 rings (SSSR count). The standard InChI is InChI=1S/C11H16ClNO.C2H2O4/c1-9-8-10(4-5-11(9)12)14-7-6-13(2)3;3-1(4)2(5)6/h4-5,8H,6-7H2,1-3H3;(H,3,4)(H,5,6). The molecule has 6 nitrogen and oxygen atoms in total. The van der Waals surface area contributed by atoms with Crippen LogP contribution in [0.1, 0.15) is 5.56 Å². The summed E-state index contributed by atoms with van der Waals surface area (Å²) < 4.78 is 5.55. The molecule has 0 radical (unpaired) electrons. The first-order valence-electron chi connectivity index (χ1n) is 5.74. The third kappa shape index (κ3) is 8.34. The Balaban J connectivity index is 0.000000511. The molecule has 112 valence electrons. The van der Waals surface area contributed by atoms with E-state index in [-0.39, 0.29) is 0 Å². The van der Waals surface area contributed by atoms with Crippen LogP contribution in [0.3, 0.4) is 0 Å². The van der Waals surface area contributed by atoms with Gasteiger partial charge in [-0.3, -0.25) is 0 Å². The Bertz CT molecular complexity index is 450. The molecule has 2 N–H and O–H groups in total. The minimum atomic E-state index is -1.82. The third-order valence-electron chi connectivity index (χ3n) is 2.12. The number of rotatable bonds is 4. The summed E-state index contributed by atoms with van der Waals surface area (Å²) in [6, 6.07) is 5.71. The second-order valence-corrected chi connectivity index (χ2v) is 4.58. The highest BCUT2D eigenvalue weighted by atomic mass is 35.5. The number of likely N-dealkylation sites (N-methyl/N-ethyl adjacent to an activating group) is 1. The maximum absolute atomic E-state index is 9.10. The number of halogens is 1. The van der Waals surface area contributed by atoms with Crippen molar-refractivity contribution in [1.29, 1.82) is 0 Å².